The van der Waals surface area contributed by atoms with Crippen molar-refractivity contribution in [2.75, 3.05) is 13.1 Å². The molecule has 0 spiro atoms. The third-order valence-electron chi connectivity index (χ3n) is 2.11. The number of carbonyl (C=O) groups excluding carboxylic acids is 1. The lowest BCUT2D eigenvalue weighted by atomic mass is 9.95. The summed E-state index contributed by atoms with van der Waals surface area (Å²) in [5, 5.41) is 5.98. The Morgan fingerprint density at radius 2 is 2.45 bits per heavy atom. The van der Waals surface area contributed by atoms with E-state index in [-0.39, 0.29) is 6.04 Å². The summed E-state index contributed by atoms with van der Waals surface area (Å²) in [5.74, 6) is 0.483. The Bertz CT molecular complexity index is 149. The van der Waals surface area contributed by atoms with Crippen molar-refractivity contribution in [1.29, 1.82) is 0 Å². The van der Waals surface area contributed by atoms with Gasteiger partial charge in [-0.2, -0.15) is 0 Å². The van der Waals surface area contributed by atoms with Crippen molar-refractivity contribution in [2.24, 2.45) is 11.7 Å². The highest BCUT2D eigenvalue weighted by atomic mass is 16.2. The van der Waals surface area contributed by atoms with E-state index >= 15 is 0 Å². The van der Waals surface area contributed by atoms with Gasteiger partial charge in [-0.1, -0.05) is 6.92 Å². The maximum atomic E-state index is 10.5. The van der Waals surface area contributed by atoms with Crippen LogP contribution in [-0.4, -0.2) is 25.2 Å². The van der Waals surface area contributed by atoms with Crippen molar-refractivity contribution >= 4 is 6.03 Å². The topological polar surface area (TPSA) is 67.2 Å². The van der Waals surface area contributed by atoms with E-state index in [1.54, 1.807) is 0 Å². The first-order chi connectivity index (χ1) is 5.20. The molecule has 0 aromatic heterocycles. The van der Waals surface area contributed by atoms with Gasteiger partial charge >= 0.3 is 6.03 Å². The Labute approximate surface area is 66.5 Å². The Morgan fingerprint density at radius 3 is 3.00 bits per heavy atom. The third kappa shape index (κ3) is 2.38. The number of carbonyl (C=O) groups is 1. The average Bonchev–Trinajstić information content (AvgIpc) is 1.93. The summed E-state index contributed by atoms with van der Waals surface area (Å²) in [5.41, 5.74) is 5.02. The van der Waals surface area contributed by atoms with E-state index in [0.29, 0.717) is 5.92 Å². The first kappa shape index (κ1) is 8.33. The molecule has 1 aliphatic heterocycles. The minimum atomic E-state index is -0.413. The number of nitrogens with one attached hydrogen (secondary N) is 2. The molecule has 1 aliphatic rings. The Morgan fingerprint density at radius 1 is 1.73 bits per heavy atom. The molecule has 0 aliphatic carbocycles. The van der Waals surface area contributed by atoms with Crippen LogP contribution in [0.5, 0.6) is 0 Å². The monoisotopic (exact) mass is 157 g/mol. The molecular formula is C7H15N3O. The van der Waals surface area contributed by atoms with Crippen LogP contribution in [0, 0.1) is 5.92 Å². The minimum absolute atomic E-state index is 0.258. The molecule has 1 saturated heterocycles. The molecule has 0 bridgehead atoms. The van der Waals surface area contributed by atoms with Crippen molar-refractivity contribution in [3.05, 3.63) is 0 Å². The highest BCUT2D eigenvalue weighted by molar-refractivity contribution is 5.72. The molecule has 0 saturated carbocycles. The van der Waals surface area contributed by atoms with Gasteiger partial charge in [0.05, 0.1) is 0 Å². The number of nitrogens with two attached hydrogens (primary N) is 1. The smallest absolute Gasteiger partial charge is 0.312 e. The van der Waals surface area contributed by atoms with E-state index in [4.69, 9.17) is 5.73 Å². The molecule has 1 fully saturated rings. The molecule has 11 heavy (non-hydrogen) atoms. The Kier molecular flexibility index (Phi) is 2.70. The van der Waals surface area contributed by atoms with Crippen LogP contribution in [0.2, 0.25) is 0 Å². The van der Waals surface area contributed by atoms with Crippen molar-refractivity contribution in [2.45, 2.75) is 19.4 Å². The van der Waals surface area contributed by atoms with Gasteiger partial charge < -0.3 is 16.4 Å². The fourth-order valence-corrected chi connectivity index (χ4v) is 1.41. The van der Waals surface area contributed by atoms with Gasteiger partial charge in [-0.15, -0.1) is 0 Å². The zero-order valence-corrected chi connectivity index (χ0v) is 6.76. The second kappa shape index (κ2) is 3.57. The van der Waals surface area contributed by atoms with Gasteiger partial charge in [0, 0.05) is 6.04 Å². The lowest BCUT2D eigenvalue weighted by Gasteiger charge is -2.29. The van der Waals surface area contributed by atoms with Crippen LogP contribution in [0.15, 0.2) is 0 Å². The molecular weight excluding hydrogens is 142 g/mol. The van der Waals surface area contributed by atoms with E-state index in [2.05, 4.69) is 17.6 Å². The summed E-state index contributed by atoms with van der Waals surface area (Å²) in [6.45, 7) is 4.03. The van der Waals surface area contributed by atoms with Gasteiger partial charge in [0.25, 0.3) is 0 Å². The highest BCUT2D eigenvalue weighted by Gasteiger charge is 2.21. The van der Waals surface area contributed by atoms with Crippen LogP contribution < -0.4 is 16.4 Å². The zero-order chi connectivity index (χ0) is 8.27. The number of rotatable bonds is 1. The van der Waals surface area contributed by atoms with E-state index in [1.807, 2.05) is 0 Å². The maximum absolute atomic E-state index is 10.5. The number of piperidine rings is 1. The van der Waals surface area contributed by atoms with Crippen LogP contribution in [0.25, 0.3) is 0 Å². The second-order valence-corrected chi connectivity index (χ2v) is 3.09. The SMILES string of the molecule is CC1CNCCC1NC(N)=O. The van der Waals surface area contributed by atoms with E-state index < -0.39 is 6.03 Å². The van der Waals surface area contributed by atoms with E-state index in [0.717, 1.165) is 19.5 Å². The predicted molar refractivity (Wildman–Crippen MR) is 43.2 cm³/mol. The third-order valence-corrected chi connectivity index (χ3v) is 2.11. The number of primary amides is 1. The highest BCUT2D eigenvalue weighted by Crippen LogP contribution is 2.09. The lowest BCUT2D eigenvalue weighted by molar-refractivity contribution is 0.232. The largest absolute Gasteiger partial charge is 0.352 e. The molecule has 4 heteroatoms. The summed E-state index contributed by atoms with van der Waals surface area (Å²) in [6.07, 6.45) is 0.976. The fourth-order valence-electron chi connectivity index (χ4n) is 1.41. The maximum Gasteiger partial charge on any atom is 0.312 e. The average molecular weight is 157 g/mol. The normalized spacial score (nSPS) is 31.4. The molecule has 4 N–H and O–H groups in total. The lowest BCUT2D eigenvalue weighted by Crippen LogP contribution is -2.49. The molecule has 2 unspecified atom stereocenters. The molecule has 4 nitrogen and oxygen atoms in total. The minimum Gasteiger partial charge on any atom is -0.352 e. The van der Waals surface area contributed by atoms with Crippen molar-refractivity contribution in [3.8, 4) is 0 Å². The van der Waals surface area contributed by atoms with Gasteiger partial charge in [0.15, 0.2) is 0 Å². The van der Waals surface area contributed by atoms with Crippen LogP contribution in [0.3, 0.4) is 0 Å². The number of amides is 2. The summed E-state index contributed by atoms with van der Waals surface area (Å²) >= 11 is 0. The van der Waals surface area contributed by atoms with Crippen LogP contribution in [0.4, 0.5) is 4.79 Å². The number of hydrogen-bond donors (Lipinski definition) is 3. The summed E-state index contributed by atoms with van der Waals surface area (Å²) < 4.78 is 0. The van der Waals surface area contributed by atoms with Gasteiger partial charge in [0.2, 0.25) is 0 Å². The standard InChI is InChI=1S/C7H15N3O/c1-5-4-9-3-2-6(5)10-7(8)11/h5-6,9H,2-4H2,1H3,(H3,8,10,11). The number of hydrogen-bond acceptors (Lipinski definition) is 2. The first-order valence-electron chi connectivity index (χ1n) is 3.97. The molecule has 0 aromatic rings. The molecule has 0 aromatic carbocycles. The quantitative estimate of drug-likeness (QED) is 0.487. The molecule has 1 heterocycles. The van der Waals surface area contributed by atoms with Gasteiger partial charge in [-0.3, -0.25) is 0 Å². The van der Waals surface area contributed by atoms with Crippen LogP contribution in [0.1, 0.15) is 13.3 Å². The zero-order valence-electron chi connectivity index (χ0n) is 6.76. The van der Waals surface area contributed by atoms with Crippen LogP contribution in [-0.2, 0) is 0 Å². The van der Waals surface area contributed by atoms with Crippen LogP contribution >= 0.6 is 0 Å². The Hall–Kier alpha value is -0.770. The van der Waals surface area contributed by atoms with Gasteiger partial charge in [-0.05, 0) is 25.4 Å². The molecule has 0 radical (unpaired) electrons. The summed E-state index contributed by atoms with van der Waals surface area (Å²) in [6, 6.07) is -0.155. The molecule has 64 valence electrons. The molecule has 2 amide bonds. The predicted octanol–water partition coefficient (Wildman–Crippen LogP) is -0.347. The van der Waals surface area contributed by atoms with E-state index in [1.165, 1.54) is 0 Å². The van der Waals surface area contributed by atoms with Gasteiger partial charge in [0.1, 0.15) is 0 Å². The molecule has 2 atom stereocenters. The summed E-state index contributed by atoms with van der Waals surface area (Å²) in [4.78, 5) is 10.5. The molecule has 1 rings (SSSR count). The fraction of sp³-hybridized carbons (Fsp3) is 0.857. The van der Waals surface area contributed by atoms with Crippen molar-refractivity contribution < 1.29 is 4.79 Å². The van der Waals surface area contributed by atoms with Gasteiger partial charge in [-0.25, -0.2) is 4.79 Å². The summed E-state index contributed by atoms with van der Waals surface area (Å²) in [7, 11) is 0. The van der Waals surface area contributed by atoms with E-state index in [9.17, 15) is 4.79 Å². The second-order valence-electron chi connectivity index (χ2n) is 3.09. The first-order valence-corrected chi connectivity index (χ1v) is 3.97. The van der Waals surface area contributed by atoms with Crippen molar-refractivity contribution in [1.82, 2.24) is 10.6 Å². The Balaban J connectivity index is 2.35. The van der Waals surface area contributed by atoms with Crippen molar-refractivity contribution in [3.63, 3.8) is 0 Å². The number of urea groups is 1.